The lowest BCUT2D eigenvalue weighted by Gasteiger charge is -2.10. The zero-order chi connectivity index (χ0) is 18.7. The Balaban J connectivity index is 1.78. The molecule has 1 amide bonds. The molecule has 0 radical (unpaired) electrons. The van der Waals surface area contributed by atoms with Crippen molar-refractivity contribution in [3.8, 4) is 17.2 Å². The molecule has 6 heteroatoms. The number of ether oxygens (including phenoxy) is 3. The smallest absolute Gasteiger partial charge is 0.287 e. The normalized spacial score (nSPS) is 10.6. The number of carbonyl (C=O) groups excluding carboxylic acids is 1. The van der Waals surface area contributed by atoms with Crippen molar-refractivity contribution < 1.29 is 23.4 Å². The lowest BCUT2D eigenvalue weighted by molar-refractivity contribution is 0.0924. The summed E-state index contributed by atoms with van der Waals surface area (Å²) in [5.41, 5.74) is 2.33. The van der Waals surface area contributed by atoms with Crippen molar-refractivity contribution in [1.82, 2.24) is 5.32 Å². The predicted octanol–water partition coefficient (Wildman–Crippen LogP) is 3.70. The minimum Gasteiger partial charge on any atom is -0.497 e. The van der Waals surface area contributed by atoms with Gasteiger partial charge in [0, 0.05) is 17.5 Å². The molecule has 136 valence electrons. The van der Waals surface area contributed by atoms with Gasteiger partial charge in [0.1, 0.15) is 11.3 Å². The summed E-state index contributed by atoms with van der Waals surface area (Å²) in [5.74, 6) is 2.01. The van der Waals surface area contributed by atoms with Crippen LogP contribution in [-0.2, 0) is 6.54 Å². The third kappa shape index (κ3) is 3.31. The minimum absolute atomic E-state index is 0.271. The lowest BCUT2D eigenvalue weighted by Crippen LogP contribution is -2.23. The van der Waals surface area contributed by atoms with Crippen LogP contribution in [0.15, 0.2) is 40.8 Å². The highest BCUT2D eigenvalue weighted by Crippen LogP contribution is 2.29. The van der Waals surface area contributed by atoms with E-state index in [0.717, 1.165) is 22.3 Å². The van der Waals surface area contributed by atoms with Crippen molar-refractivity contribution in [2.75, 3.05) is 21.3 Å². The molecule has 0 saturated heterocycles. The van der Waals surface area contributed by atoms with Gasteiger partial charge in [0.25, 0.3) is 5.91 Å². The summed E-state index contributed by atoms with van der Waals surface area (Å²) in [6.45, 7) is 2.20. The van der Waals surface area contributed by atoms with Crippen LogP contribution in [0.1, 0.15) is 21.7 Å². The molecular weight excluding hydrogens is 334 g/mol. The molecule has 3 aromatic rings. The van der Waals surface area contributed by atoms with Crippen molar-refractivity contribution in [2.45, 2.75) is 13.5 Å². The van der Waals surface area contributed by atoms with Gasteiger partial charge in [-0.25, -0.2) is 0 Å². The van der Waals surface area contributed by atoms with E-state index in [9.17, 15) is 4.79 Å². The molecule has 6 nitrogen and oxygen atoms in total. The van der Waals surface area contributed by atoms with E-state index < -0.39 is 0 Å². The molecule has 0 saturated carbocycles. The van der Waals surface area contributed by atoms with Crippen LogP contribution in [0.3, 0.4) is 0 Å². The minimum atomic E-state index is -0.271. The number of rotatable bonds is 6. The van der Waals surface area contributed by atoms with Crippen molar-refractivity contribution in [2.24, 2.45) is 0 Å². The molecule has 0 spiro atoms. The number of amides is 1. The van der Waals surface area contributed by atoms with E-state index in [2.05, 4.69) is 5.32 Å². The molecule has 0 aliphatic rings. The molecule has 2 aromatic carbocycles. The van der Waals surface area contributed by atoms with Gasteiger partial charge in [-0.2, -0.15) is 0 Å². The number of fused-ring (bicyclic) bond motifs is 1. The first-order valence-electron chi connectivity index (χ1n) is 8.13. The predicted molar refractivity (Wildman–Crippen MR) is 98.2 cm³/mol. The first kappa shape index (κ1) is 17.7. The summed E-state index contributed by atoms with van der Waals surface area (Å²) in [6.07, 6.45) is 0. The number of hydrogen-bond acceptors (Lipinski definition) is 5. The summed E-state index contributed by atoms with van der Waals surface area (Å²) >= 11 is 0. The van der Waals surface area contributed by atoms with Crippen LogP contribution in [0.2, 0.25) is 0 Å². The molecule has 1 N–H and O–H groups in total. The van der Waals surface area contributed by atoms with Crippen LogP contribution in [0.5, 0.6) is 17.2 Å². The Morgan fingerprint density at radius 3 is 2.46 bits per heavy atom. The molecule has 1 aromatic heterocycles. The van der Waals surface area contributed by atoms with Crippen LogP contribution in [-0.4, -0.2) is 27.2 Å². The van der Waals surface area contributed by atoms with Gasteiger partial charge in [0.05, 0.1) is 21.3 Å². The van der Waals surface area contributed by atoms with Gasteiger partial charge < -0.3 is 23.9 Å². The van der Waals surface area contributed by atoms with E-state index in [1.165, 1.54) is 0 Å². The van der Waals surface area contributed by atoms with Crippen molar-refractivity contribution >= 4 is 16.9 Å². The summed E-state index contributed by atoms with van der Waals surface area (Å²) in [4.78, 5) is 12.5. The molecule has 0 aliphatic heterocycles. The number of nitrogens with one attached hydrogen (secondary N) is 1. The number of hydrogen-bond donors (Lipinski definition) is 1. The fourth-order valence-corrected chi connectivity index (χ4v) is 2.80. The maximum atomic E-state index is 12.5. The number of aryl methyl sites for hydroxylation is 1. The first-order chi connectivity index (χ1) is 12.6. The standard InChI is InChI=1S/C20H21NO5/c1-12-15-10-14(23-2)6-8-16(15)26-19(12)20(22)21-11-13-5-7-17(24-3)18(9-13)25-4/h5-10H,11H2,1-4H3,(H,21,22). The van der Waals surface area contributed by atoms with E-state index in [0.29, 0.717) is 29.4 Å². The van der Waals surface area contributed by atoms with Crippen molar-refractivity contribution in [3.63, 3.8) is 0 Å². The number of methoxy groups -OCH3 is 3. The molecule has 0 aliphatic carbocycles. The summed E-state index contributed by atoms with van der Waals surface area (Å²) in [7, 11) is 4.76. The Morgan fingerprint density at radius 1 is 1.00 bits per heavy atom. The van der Waals surface area contributed by atoms with E-state index >= 15 is 0 Å². The van der Waals surface area contributed by atoms with Crippen LogP contribution < -0.4 is 19.5 Å². The van der Waals surface area contributed by atoms with Gasteiger partial charge in [0.15, 0.2) is 17.3 Å². The van der Waals surface area contributed by atoms with Gasteiger partial charge in [-0.15, -0.1) is 0 Å². The molecular formula is C20H21NO5. The van der Waals surface area contributed by atoms with Crippen LogP contribution >= 0.6 is 0 Å². The van der Waals surface area contributed by atoms with Crippen molar-refractivity contribution in [1.29, 1.82) is 0 Å². The second-order valence-corrected chi connectivity index (χ2v) is 5.79. The summed E-state index contributed by atoms with van der Waals surface area (Å²) in [6, 6.07) is 11.0. The highest BCUT2D eigenvalue weighted by Gasteiger charge is 2.18. The van der Waals surface area contributed by atoms with Crippen LogP contribution in [0.25, 0.3) is 11.0 Å². The molecule has 26 heavy (non-hydrogen) atoms. The van der Waals surface area contributed by atoms with Crippen LogP contribution in [0.4, 0.5) is 0 Å². The molecule has 0 fully saturated rings. The van der Waals surface area contributed by atoms with E-state index in [-0.39, 0.29) is 5.91 Å². The molecule has 0 bridgehead atoms. The Labute approximate surface area is 151 Å². The first-order valence-corrected chi connectivity index (χ1v) is 8.13. The Hall–Kier alpha value is -3.15. The van der Waals surface area contributed by atoms with Gasteiger partial charge in [-0.05, 0) is 42.8 Å². The van der Waals surface area contributed by atoms with E-state index in [4.69, 9.17) is 18.6 Å². The largest absolute Gasteiger partial charge is 0.497 e. The lowest BCUT2D eigenvalue weighted by atomic mass is 10.1. The Kier molecular flexibility index (Phi) is 5.02. The fraction of sp³-hybridized carbons (Fsp3) is 0.250. The highest BCUT2D eigenvalue weighted by molar-refractivity contribution is 5.99. The fourth-order valence-electron chi connectivity index (χ4n) is 2.80. The SMILES string of the molecule is COc1ccc2oc(C(=O)NCc3ccc(OC)c(OC)c3)c(C)c2c1. The number of furan rings is 1. The molecule has 0 unspecified atom stereocenters. The number of carbonyl (C=O) groups is 1. The van der Waals surface area contributed by atoms with E-state index in [1.54, 1.807) is 39.5 Å². The Morgan fingerprint density at radius 2 is 1.77 bits per heavy atom. The topological polar surface area (TPSA) is 69.9 Å². The third-order valence-corrected chi connectivity index (χ3v) is 4.25. The summed E-state index contributed by atoms with van der Waals surface area (Å²) in [5, 5.41) is 3.74. The monoisotopic (exact) mass is 355 g/mol. The van der Waals surface area contributed by atoms with Gasteiger partial charge in [-0.1, -0.05) is 6.07 Å². The highest BCUT2D eigenvalue weighted by atomic mass is 16.5. The molecule has 1 heterocycles. The average molecular weight is 355 g/mol. The average Bonchev–Trinajstić information content (AvgIpc) is 3.01. The second-order valence-electron chi connectivity index (χ2n) is 5.79. The van der Waals surface area contributed by atoms with Gasteiger partial charge >= 0.3 is 0 Å². The quantitative estimate of drug-likeness (QED) is 0.730. The zero-order valence-electron chi connectivity index (χ0n) is 15.2. The second kappa shape index (κ2) is 7.39. The maximum Gasteiger partial charge on any atom is 0.287 e. The molecule has 3 rings (SSSR count). The van der Waals surface area contributed by atoms with Gasteiger partial charge in [-0.3, -0.25) is 4.79 Å². The molecule has 0 atom stereocenters. The van der Waals surface area contributed by atoms with Gasteiger partial charge in [0.2, 0.25) is 0 Å². The van der Waals surface area contributed by atoms with E-state index in [1.807, 2.05) is 25.1 Å². The third-order valence-electron chi connectivity index (χ3n) is 4.25. The Bertz CT molecular complexity index is 945. The maximum absolute atomic E-state index is 12.5. The van der Waals surface area contributed by atoms with Crippen LogP contribution in [0, 0.1) is 6.92 Å². The zero-order valence-corrected chi connectivity index (χ0v) is 15.2. The number of benzene rings is 2. The van der Waals surface area contributed by atoms with Crippen molar-refractivity contribution in [3.05, 3.63) is 53.3 Å². The summed E-state index contributed by atoms with van der Waals surface area (Å²) < 4.78 is 21.4.